The van der Waals surface area contributed by atoms with Gasteiger partial charge in [-0.15, -0.1) is 5.10 Å². The summed E-state index contributed by atoms with van der Waals surface area (Å²) >= 11 is 7.18. The molecule has 1 heterocycles. The summed E-state index contributed by atoms with van der Waals surface area (Å²) < 4.78 is 1.53. The SMILES string of the molecule is O=C(CSc1n[nH]c(=O)n1Cc1ccccc1)NCCc1cccc(Cl)c1. The van der Waals surface area contributed by atoms with Gasteiger partial charge in [-0.25, -0.2) is 9.89 Å². The fourth-order valence-corrected chi connectivity index (χ4v) is 3.53. The van der Waals surface area contributed by atoms with Crippen molar-refractivity contribution in [1.29, 1.82) is 0 Å². The molecule has 0 saturated heterocycles. The highest BCUT2D eigenvalue weighted by Gasteiger charge is 2.11. The van der Waals surface area contributed by atoms with Crippen molar-refractivity contribution in [2.24, 2.45) is 0 Å². The van der Waals surface area contributed by atoms with Crippen LogP contribution in [0.2, 0.25) is 5.02 Å². The third-order valence-electron chi connectivity index (χ3n) is 3.86. The molecule has 0 fully saturated rings. The number of halogens is 1. The predicted octanol–water partition coefficient (Wildman–Crippen LogP) is 2.72. The van der Waals surface area contributed by atoms with Crippen LogP contribution in [0.25, 0.3) is 0 Å². The van der Waals surface area contributed by atoms with Crippen LogP contribution >= 0.6 is 23.4 Å². The van der Waals surface area contributed by atoms with E-state index in [9.17, 15) is 9.59 Å². The van der Waals surface area contributed by atoms with Gasteiger partial charge in [0.25, 0.3) is 0 Å². The Morgan fingerprint density at radius 2 is 1.93 bits per heavy atom. The Kier molecular flexibility index (Phi) is 6.73. The van der Waals surface area contributed by atoms with Crippen molar-refractivity contribution in [3.8, 4) is 0 Å². The van der Waals surface area contributed by atoms with Crippen LogP contribution < -0.4 is 11.0 Å². The Morgan fingerprint density at radius 1 is 1.15 bits per heavy atom. The number of thioether (sulfide) groups is 1. The van der Waals surface area contributed by atoms with Gasteiger partial charge in [-0.3, -0.25) is 9.36 Å². The molecule has 3 aromatic rings. The lowest BCUT2D eigenvalue weighted by Crippen LogP contribution is -2.27. The van der Waals surface area contributed by atoms with E-state index in [0.29, 0.717) is 29.7 Å². The molecule has 2 N–H and O–H groups in total. The lowest BCUT2D eigenvalue weighted by molar-refractivity contribution is -0.118. The molecule has 1 amide bonds. The van der Waals surface area contributed by atoms with Crippen LogP contribution in [0.1, 0.15) is 11.1 Å². The molecule has 0 bridgehead atoms. The number of H-pyrrole nitrogens is 1. The Morgan fingerprint density at radius 3 is 2.70 bits per heavy atom. The molecule has 140 valence electrons. The summed E-state index contributed by atoms with van der Waals surface area (Å²) in [5.74, 6) is 0.0815. The van der Waals surface area contributed by atoms with E-state index in [-0.39, 0.29) is 17.3 Å². The van der Waals surface area contributed by atoms with E-state index in [0.717, 1.165) is 11.1 Å². The van der Waals surface area contributed by atoms with Crippen LogP contribution in [0.4, 0.5) is 0 Å². The summed E-state index contributed by atoms with van der Waals surface area (Å²) in [6, 6.07) is 17.2. The largest absolute Gasteiger partial charge is 0.355 e. The second-order valence-corrected chi connectivity index (χ2v) is 7.28. The molecular weight excluding hydrogens is 384 g/mol. The van der Waals surface area contributed by atoms with Crippen LogP contribution in [-0.4, -0.2) is 33.0 Å². The van der Waals surface area contributed by atoms with E-state index in [1.807, 2.05) is 54.6 Å². The van der Waals surface area contributed by atoms with Gasteiger partial charge < -0.3 is 5.32 Å². The number of amides is 1. The fraction of sp³-hybridized carbons (Fsp3) is 0.211. The molecule has 0 atom stereocenters. The molecule has 1 aromatic heterocycles. The van der Waals surface area contributed by atoms with Gasteiger partial charge in [0, 0.05) is 11.6 Å². The van der Waals surface area contributed by atoms with E-state index >= 15 is 0 Å². The Labute approximate surface area is 165 Å². The number of benzene rings is 2. The van der Waals surface area contributed by atoms with Gasteiger partial charge in [0.05, 0.1) is 12.3 Å². The first-order valence-electron chi connectivity index (χ1n) is 8.45. The fourth-order valence-electron chi connectivity index (χ4n) is 2.54. The molecule has 0 unspecified atom stereocenters. The van der Waals surface area contributed by atoms with E-state index in [4.69, 9.17) is 11.6 Å². The van der Waals surface area contributed by atoms with Crippen LogP contribution in [0, 0.1) is 0 Å². The molecule has 0 saturated carbocycles. The van der Waals surface area contributed by atoms with E-state index in [1.54, 1.807) is 0 Å². The molecule has 0 radical (unpaired) electrons. The minimum Gasteiger partial charge on any atom is -0.355 e. The molecule has 3 rings (SSSR count). The zero-order valence-corrected chi connectivity index (χ0v) is 16.1. The van der Waals surface area contributed by atoms with E-state index in [1.165, 1.54) is 16.3 Å². The summed E-state index contributed by atoms with van der Waals surface area (Å²) in [5.41, 5.74) is 1.77. The number of nitrogens with zero attached hydrogens (tertiary/aromatic N) is 2. The number of hydrogen-bond acceptors (Lipinski definition) is 4. The molecule has 0 aliphatic carbocycles. The van der Waals surface area contributed by atoms with Crippen molar-refractivity contribution in [3.63, 3.8) is 0 Å². The first kappa shape index (κ1) is 19.3. The van der Waals surface area contributed by atoms with Crippen molar-refractivity contribution in [1.82, 2.24) is 20.1 Å². The average molecular weight is 403 g/mol. The van der Waals surface area contributed by atoms with Gasteiger partial charge in [0.2, 0.25) is 5.91 Å². The number of nitrogens with one attached hydrogen (secondary N) is 2. The number of carbonyl (C=O) groups excluding carboxylic acids is 1. The molecular formula is C19H19ClN4O2S. The van der Waals surface area contributed by atoms with Crippen LogP contribution in [0.3, 0.4) is 0 Å². The summed E-state index contributed by atoms with van der Waals surface area (Å²) in [4.78, 5) is 24.0. The highest BCUT2D eigenvalue weighted by Crippen LogP contribution is 2.14. The first-order valence-corrected chi connectivity index (χ1v) is 9.81. The Hall–Kier alpha value is -2.51. The van der Waals surface area contributed by atoms with Gasteiger partial charge in [0.15, 0.2) is 5.16 Å². The van der Waals surface area contributed by atoms with Crippen LogP contribution in [0.15, 0.2) is 64.5 Å². The average Bonchev–Trinajstić information content (AvgIpc) is 3.01. The second kappa shape index (κ2) is 9.43. The monoisotopic (exact) mass is 402 g/mol. The number of carbonyl (C=O) groups is 1. The quantitative estimate of drug-likeness (QED) is 0.568. The normalized spacial score (nSPS) is 10.7. The Balaban J connectivity index is 1.50. The van der Waals surface area contributed by atoms with Crippen molar-refractivity contribution < 1.29 is 4.79 Å². The lowest BCUT2D eigenvalue weighted by atomic mass is 10.1. The van der Waals surface area contributed by atoms with Gasteiger partial charge in [0.1, 0.15) is 0 Å². The van der Waals surface area contributed by atoms with Gasteiger partial charge >= 0.3 is 5.69 Å². The maximum absolute atomic E-state index is 12.1. The minimum absolute atomic E-state index is 0.108. The van der Waals surface area contributed by atoms with E-state index < -0.39 is 0 Å². The summed E-state index contributed by atoms with van der Waals surface area (Å²) in [7, 11) is 0. The van der Waals surface area contributed by atoms with Gasteiger partial charge in [-0.2, -0.15) is 0 Å². The standard InChI is InChI=1S/C19H19ClN4O2S/c20-16-8-4-7-14(11-16)9-10-21-17(25)13-27-19-23-22-18(26)24(19)12-15-5-2-1-3-6-15/h1-8,11H,9-10,12-13H2,(H,21,25)(H,22,26). The molecule has 0 spiro atoms. The van der Waals surface area contributed by atoms with Crippen molar-refractivity contribution >= 4 is 29.3 Å². The second-order valence-electron chi connectivity index (χ2n) is 5.90. The predicted molar refractivity (Wildman–Crippen MR) is 107 cm³/mol. The van der Waals surface area contributed by atoms with E-state index in [2.05, 4.69) is 15.5 Å². The molecule has 0 aliphatic rings. The maximum Gasteiger partial charge on any atom is 0.344 e. The van der Waals surface area contributed by atoms with Gasteiger partial charge in [-0.05, 0) is 29.7 Å². The zero-order valence-electron chi connectivity index (χ0n) is 14.5. The molecule has 0 aliphatic heterocycles. The summed E-state index contributed by atoms with van der Waals surface area (Å²) in [6.07, 6.45) is 0.706. The number of rotatable bonds is 8. The van der Waals surface area contributed by atoms with Crippen molar-refractivity contribution in [2.45, 2.75) is 18.1 Å². The summed E-state index contributed by atoms with van der Waals surface area (Å²) in [6.45, 7) is 0.937. The maximum atomic E-state index is 12.1. The number of aromatic nitrogens is 3. The molecule has 8 heteroatoms. The molecule has 2 aromatic carbocycles. The third-order valence-corrected chi connectivity index (χ3v) is 5.08. The highest BCUT2D eigenvalue weighted by atomic mass is 35.5. The number of hydrogen-bond donors (Lipinski definition) is 2. The van der Waals surface area contributed by atoms with Crippen LogP contribution in [-0.2, 0) is 17.8 Å². The van der Waals surface area contributed by atoms with Gasteiger partial charge in [-0.1, -0.05) is 65.8 Å². The van der Waals surface area contributed by atoms with Crippen LogP contribution in [0.5, 0.6) is 0 Å². The van der Waals surface area contributed by atoms with Crippen molar-refractivity contribution in [3.05, 3.63) is 81.2 Å². The van der Waals surface area contributed by atoms with Crippen molar-refractivity contribution in [2.75, 3.05) is 12.3 Å². The minimum atomic E-state index is -0.289. The third kappa shape index (κ3) is 5.74. The highest BCUT2D eigenvalue weighted by molar-refractivity contribution is 7.99. The smallest absolute Gasteiger partial charge is 0.344 e. The first-order chi connectivity index (χ1) is 13.1. The zero-order chi connectivity index (χ0) is 19.1. The molecule has 6 nitrogen and oxygen atoms in total. The summed E-state index contributed by atoms with van der Waals surface area (Å²) in [5, 5.41) is 10.5. The molecule has 27 heavy (non-hydrogen) atoms. The number of aromatic amines is 1. The topological polar surface area (TPSA) is 79.8 Å². The lowest BCUT2D eigenvalue weighted by Gasteiger charge is -2.07. The Bertz CT molecular complexity index is 956.